The van der Waals surface area contributed by atoms with Gasteiger partial charge < -0.3 is 15.2 Å². The number of carbonyl (C=O) groups excluding carboxylic acids is 1. The van der Waals surface area contributed by atoms with Crippen LogP contribution in [0.25, 0.3) is 10.9 Å². The Labute approximate surface area is 180 Å². The molecule has 164 valence electrons. The second-order valence-corrected chi connectivity index (χ2v) is 7.26. The second-order valence-electron chi connectivity index (χ2n) is 7.26. The number of aryl methyl sites for hydroxylation is 1. The van der Waals surface area contributed by atoms with E-state index in [4.69, 9.17) is 0 Å². The van der Waals surface area contributed by atoms with E-state index in [2.05, 4.69) is 15.6 Å². The highest BCUT2D eigenvalue weighted by Crippen LogP contribution is 2.32. The number of aromatic nitrogens is 2. The molecule has 9 heteroatoms. The Morgan fingerprint density at radius 2 is 1.78 bits per heavy atom. The quantitative estimate of drug-likeness (QED) is 0.370. The zero-order valence-electron chi connectivity index (χ0n) is 16.9. The maximum absolute atomic E-state index is 14.0. The van der Waals surface area contributed by atoms with Crippen LogP contribution in [0.2, 0.25) is 0 Å². The van der Waals surface area contributed by atoms with E-state index in [9.17, 15) is 22.4 Å². The number of rotatable bonds is 4. The molecule has 2 heterocycles. The summed E-state index contributed by atoms with van der Waals surface area (Å²) >= 11 is 0. The van der Waals surface area contributed by atoms with Gasteiger partial charge in [-0.1, -0.05) is 6.07 Å². The number of nitrogens with one attached hydrogen (secondary N) is 2. The van der Waals surface area contributed by atoms with Gasteiger partial charge in [0.15, 0.2) is 0 Å². The highest BCUT2D eigenvalue weighted by atomic mass is 19.4. The number of fused-ring (bicyclic) bond motifs is 1. The molecule has 2 N–H and O–H groups in total. The molecule has 5 nitrogen and oxygen atoms in total. The van der Waals surface area contributed by atoms with E-state index in [1.54, 1.807) is 19.3 Å². The summed E-state index contributed by atoms with van der Waals surface area (Å²) in [6.07, 6.45) is 0.630. The zero-order chi connectivity index (χ0) is 22.9. The van der Waals surface area contributed by atoms with E-state index in [1.807, 2.05) is 41.1 Å². The van der Waals surface area contributed by atoms with Crippen molar-refractivity contribution >= 4 is 28.3 Å². The van der Waals surface area contributed by atoms with E-state index in [-0.39, 0.29) is 0 Å². The smallest absolute Gasteiger partial charge is 0.343 e. The van der Waals surface area contributed by atoms with E-state index in [0.29, 0.717) is 30.4 Å². The van der Waals surface area contributed by atoms with Gasteiger partial charge in [0, 0.05) is 30.5 Å². The largest absolute Gasteiger partial charge is 0.416 e. The molecule has 2 aromatic carbocycles. The van der Waals surface area contributed by atoms with Crippen LogP contribution in [0.4, 0.5) is 33.7 Å². The average molecular weight is 442 g/mol. The fraction of sp³-hybridized carbons (Fsp3) is 0.130. The van der Waals surface area contributed by atoms with Gasteiger partial charge in [-0.25, -0.2) is 9.18 Å². The third kappa shape index (κ3) is 4.41. The third-order valence-electron chi connectivity index (χ3n) is 5.04. The number of urea groups is 1. The SMILES string of the molecule is Cc1ccc2c(ccn2Cc2ccncc2)c1NC(=O)Nc1cc(C(F)(F)F)ccc1F. The van der Waals surface area contributed by atoms with Crippen LogP contribution in [-0.2, 0) is 12.7 Å². The molecule has 0 saturated carbocycles. The number of anilines is 2. The van der Waals surface area contributed by atoms with Gasteiger partial charge in [0.25, 0.3) is 0 Å². The van der Waals surface area contributed by atoms with Gasteiger partial charge in [0.05, 0.1) is 22.5 Å². The number of carbonyl (C=O) groups is 1. The van der Waals surface area contributed by atoms with Gasteiger partial charge in [-0.15, -0.1) is 0 Å². The Hall–Kier alpha value is -3.88. The first-order chi connectivity index (χ1) is 15.2. The number of amides is 2. The van der Waals surface area contributed by atoms with Crippen molar-refractivity contribution in [2.75, 3.05) is 10.6 Å². The van der Waals surface area contributed by atoms with Crippen molar-refractivity contribution in [1.82, 2.24) is 9.55 Å². The van der Waals surface area contributed by atoms with Gasteiger partial charge >= 0.3 is 12.2 Å². The monoisotopic (exact) mass is 442 g/mol. The van der Waals surface area contributed by atoms with Gasteiger partial charge in [-0.2, -0.15) is 13.2 Å². The molecular weight excluding hydrogens is 424 g/mol. The highest BCUT2D eigenvalue weighted by Gasteiger charge is 2.31. The summed E-state index contributed by atoms with van der Waals surface area (Å²) in [5.41, 5.74) is 1.52. The van der Waals surface area contributed by atoms with Gasteiger partial charge in [-0.3, -0.25) is 4.98 Å². The first kappa shape index (κ1) is 21.4. The Kier molecular flexibility index (Phi) is 5.56. The Morgan fingerprint density at radius 3 is 2.50 bits per heavy atom. The van der Waals surface area contributed by atoms with Crippen LogP contribution >= 0.6 is 0 Å². The summed E-state index contributed by atoms with van der Waals surface area (Å²) in [4.78, 5) is 16.5. The van der Waals surface area contributed by atoms with Gasteiger partial charge in [0.2, 0.25) is 0 Å². The Bertz CT molecular complexity index is 1280. The average Bonchev–Trinajstić information content (AvgIpc) is 3.14. The van der Waals surface area contributed by atoms with Crippen LogP contribution < -0.4 is 10.6 Å². The molecule has 2 amide bonds. The predicted molar refractivity (Wildman–Crippen MR) is 114 cm³/mol. The molecule has 0 aliphatic rings. The third-order valence-corrected chi connectivity index (χ3v) is 5.04. The summed E-state index contributed by atoms with van der Waals surface area (Å²) in [6, 6.07) is 10.4. The minimum atomic E-state index is -4.65. The van der Waals surface area contributed by atoms with Crippen LogP contribution in [0.3, 0.4) is 0 Å². The van der Waals surface area contributed by atoms with Crippen molar-refractivity contribution in [2.45, 2.75) is 19.6 Å². The number of halogens is 4. The number of hydrogen-bond donors (Lipinski definition) is 2. The standard InChI is InChI=1S/C23H18F4N4O/c1-14-2-5-20-17(8-11-31(20)13-15-6-9-28-10-7-15)21(14)30-22(32)29-19-12-16(23(25,26)27)3-4-18(19)24/h2-12H,13H2,1H3,(H2,29,30,32). The van der Waals surface area contributed by atoms with Crippen molar-refractivity contribution in [2.24, 2.45) is 0 Å². The molecule has 0 aliphatic heterocycles. The number of benzene rings is 2. The minimum Gasteiger partial charge on any atom is -0.343 e. The fourth-order valence-electron chi connectivity index (χ4n) is 3.43. The number of hydrogen-bond acceptors (Lipinski definition) is 2. The maximum Gasteiger partial charge on any atom is 0.416 e. The van der Waals surface area contributed by atoms with Crippen LogP contribution in [0, 0.1) is 12.7 Å². The number of alkyl halides is 3. The topological polar surface area (TPSA) is 59.0 Å². The molecule has 0 radical (unpaired) electrons. The molecule has 4 rings (SSSR count). The van der Waals surface area contributed by atoms with Crippen molar-refractivity contribution in [3.05, 3.63) is 89.6 Å². The molecule has 0 saturated heterocycles. The van der Waals surface area contributed by atoms with E-state index in [1.165, 1.54) is 0 Å². The van der Waals surface area contributed by atoms with Crippen molar-refractivity contribution < 1.29 is 22.4 Å². The molecule has 0 fully saturated rings. The Morgan fingerprint density at radius 1 is 1.03 bits per heavy atom. The van der Waals surface area contributed by atoms with Crippen LogP contribution in [0.1, 0.15) is 16.7 Å². The van der Waals surface area contributed by atoms with E-state index in [0.717, 1.165) is 22.0 Å². The number of nitrogens with zero attached hydrogens (tertiary/aromatic N) is 2. The van der Waals surface area contributed by atoms with Gasteiger partial charge in [-0.05, 0) is 60.5 Å². The summed E-state index contributed by atoms with van der Waals surface area (Å²) in [7, 11) is 0. The van der Waals surface area contributed by atoms with E-state index >= 15 is 0 Å². The molecular formula is C23H18F4N4O. The van der Waals surface area contributed by atoms with Crippen molar-refractivity contribution in [1.29, 1.82) is 0 Å². The molecule has 4 aromatic rings. The highest BCUT2D eigenvalue weighted by molar-refractivity contribution is 6.06. The first-order valence-electron chi connectivity index (χ1n) is 9.64. The Balaban J connectivity index is 1.59. The summed E-state index contributed by atoms with van der Waals surface area (Å²) in [5, 5.41) is 5.56. The molecule has 2 aromatic heterocycles. The van der Waals surface area contributed by atoms with Crippen LogP contribution in [-0.4, -0.2) is 15.6 Å². The lowest BCUT2D eigenvalue weighted by atomic mass is 10.1. The predicted octanol–water partition coefficient (Wildman–Crippen LogP) is 6.19. The van der Waals surface area contributed by atoms with E-state index < -0.39 is 29.3 Å². The lowest BCUT2D eigenvalue weighted by Crippen LogP contribution is -2.21. The van der Waals surface area contributed by atoms with Crippen molar-refractivity contribution in [3.8, 4) is 0 Å². The summed E-state index contributed by atoms with van der Waals surface area (Å²) < 4.78 is 54.7. The molecule has 0 bridgehead atoms. The van der Waals surface area contributed by atoms with Gasteiger partial charge in [0.1, 0.15) is 5.82 Å². The molecule has 0 spiro atoms. The summed E-state index contributed by atoms with van der Waals surface area (Å²) in [6.45, 7) is 2.39. The number of pyridine rings is 1. The second kappa shape index (κ2) is 8.33. The normalized spacial score (nSPS) is 11.5. The molecule has 32 heavy (non-hydrogen) atoms. The zero-order valence-corrected chi connectivity index (χ0v) is 16.9. The van der Waals surface area contributed by atoms with Crippen molar-refractivity contribution in [3.63, 3.8) is 0 Å². The lowest BCUT2D eigenvalue weighted by molar-refractivity contribution is -0.137. The fourth-order valence-corrected chi connectivity index (χ4v) is 3.43. The molecule has 0 atom stereocenters. The molecule has 0 aliphatic carbocycles. The summed E-state index contributed by atoms with van der Waals surface area (Å²) in [5.74, 6) is -0.966. The lowest BCUT2D eigenvalue weighted by Gasteiger charge is -2.14. The van der Waals surface area contributed by atoms with Crippen LogP contribution in [0.15, 0.2) is 67.1 Å². The maximum atomic E-state index is 14.0. The first-order valence-corrected chi connectivity index (χ1v) is 9.64. The van der Waals surface area contributed by atoms with Crippen LogP contribution in [0.5, 0.6) is 0 Å². The molecule has 0 unspecified atom stereocenters. The minimum absolute atomic E-state index is 0.487.